The Balaban J connectivity index is 2.36. The summed E-state index contributed by atoms with van der Waals surface area (Å²) in [6, 6.07) is 17.2. The molecule has 0 radical (unpaired) electrons. The number of fused-ring (bicyclic) bond motifs is 3. The van der Waals surface area contributed by atoms with Crippen LogP contribution < -0.4 is 0 Å². The molecular formula is C19H20OSi. The van der Waals surface area contributed by atoms with Crippen molar-refractivity contribution in [3.8, 4) is 23.5 Å². The molecule has 2 heteroatoms. The van der Waals surface area contributed by atoms with Crippen LogP contribution in [0.2, 0.25) is 19.6 Å². The van der Waals surface area contributed by atoms with E-state index in [9.17, 15) is 0 Å². The van der Waals surface area contributed by atoms with Gasteiger partial charge in [-0.1, -0.05) is 74.1 Å². The van der Waals surface area contributed by atoms with E-state index in [-0.39, 0.29) is 5.22 Å². The lowest BCUT2D eigenvalue weighted by Gasteiger charge is -2.41. The Bertz CT molecular complexity index is 673. The van der Waals surface area contributed by atoms with Crippen molar-refractivity contribution in [3.05, 3.63) is 59.7 Å². The second kappa shape index (κ2) is 4.87. The summed E-state index contributed by atoms with van der Waals surface area (Å²) in [7, 11) is -1.73. The van der Waals surface area contributed by atoms with Gasteiger partial charge in [0, 0.05) is 0 Å². The molecule has 0 heterocycles. The monoisotopic (exact) mass is 292 g/mol. The smallest absolute Gasteiger partial charge is 0.108 e. The van der Waals surface area contributed by atoms with Crippen molar-refractivity contribution in [1.82, 2.24) is 0 Å². The van der Waals surface area contributed by atoms with Gasteiger partial charge in [0.1, 0.15) is 11.8 Å². The fraction of sp³-hybridized carbons (Fsp3) is 0.263. The van der Waals surface area contributed by atoms with Crippen molar-refractivity contribution in [1.29, 1.82) is 0 Å². The first kappa shape index (κ1) is 14.1. The lowest BCUT2D eigenvalue weighted by atomic mass is 10.1. The number of hydrogen-bond donors (Lipinski definition) is 0. The van der Waals surface area contributed by atoms with E-state index in [1.54, 1.807) is 0 Å². The Hall–Kier alpha value is -1.82. The summed E-state index contributed by atoms with van der Waals surface area (Å²) in [6.07, 6.45) is 5.49. The molecule has 0 spiro atoms. The molecule has 0 N–H and O–H groups in total. The highest BCUT2D eigenvalue weighted by molar-refractivity contribution is 6.79. The van der Waals surface area contributed by atoms with Gasteiger partial charge < -0.3 is 4.74 Å². The summed E-state index contributed by atoms with van der Waals surface area (Å²) in [6.45, 7) is 7.39. The van der Waals surface area contributed by atoms with Gasteiger partial charge in [-0.3, -0.25) is 0 Å². The zero-order chi connectivity index (χ0) is 15.1. The van der Waals surface area contributed by atoms with Crippen LogP contribution in [0.25, 0.3) is 11.1 Å². The third-order valence-corrected chi connectivity index (χ3v) is 7.13. The first-order chi connectivity index (χ1) is 10.0. The number of rotatable bonds is 3. The van der Waals surface area contributed by atoms with E-state index in [1.807, 2.05) is 0 Å². The fourth-order valence-corrected chi connectivity index (χ4v) is 6.08. The molecule has 0 bridgehead atoms. The molecular weight excluding hydrogens is 272 g/mol. The Morgan fingerprint density at radius 2 is 1.43 bits per heavy atom. The van der Waals surface area contributed by atoms with Crippen LogP contribution in [0.1, 0.15) is 11.1 Å². The van der Waals surface area contributed by atoms with Crippen LogP contribution in [0.15, 0.2) is 48.5 Å². The summed E-state index contributed by atoms with van der Waals surface area (Å²) in [4.78, 5) is 0. The fourth-order valence-electron chi connectivity index (χ4n) is 3.52. The molecule has 21 heavy (non-hydrogen) atoms. The molecule has 0 aromatic heterocycles. The lowest BCUT2D eigenvalue weighted by molar-refractivity contribution is 0.0645. The molecule has 1 nitrogen and oxygen atoms in total. The summed E-state index contributed by atoms with van der Waals surface area (Å²) in [5.41, 5.74) is 5.13. The predicted molar refractivity (Wildman–Crippen MR) is 90.8 cm³/mol. The van der Waals surface area contributed by atoms with Gasteiger partial charge in [0.2, 0.25) is 0 Å². The largest absolute Gasteiger partial charge is 0.357 e. The van der Waals surface area contributed by atoms with Crippen LogP contribution in [0.4, 0.5) is 0 Å². The molecule has 3 rings (SSSR count). The van der Waals surface area contributed by atoms with E-state index < -0.39 is 8.07 Å². The van der Waals surface area contributed by atoms with Crippen molar-refractivity contribution < 1.29 is 4.74 Å². The van der Waals surface area contributed by atoms with Crippen LogP contribution in [0.5, 0.6) is 0 Å². The van der Waals surface area contributed by atoms with E-state index in [1.165, 1.54) is 22.3 Å². The van der Waals surface area contributed by atoms with Crippen molar-refractivity contribution in [2.45, 2.75) is 24.9 Å². The molecule has 1 aliphatic carbocycles. The predicted octanol–water partition coefficient (Wildman–Crippen LogP) is 4.44. The van der Waals surface area contributed by atoms with E-state index in [4.69, 9.17) is 11.2 Å². The highest BCUT2D eigenvalue weighted by Gasteiger charge is 2.53. The second-order valence-electron chi connectivity index (χ2n) is 6.52. The summed E-state index contributed by atoms with van der Waals surface area (Å²) in [5, 5.41) is -0.355. The highest BCUT2D eigenvalue weighted by Crippen LogP contribution is 2.53. The minimum atomic E-state index is -1.73. The molecule has 2 aromatic carbocycles. The van der Waals surface area contributed by atoms with Gasteiger partial charge in [0.25, 0.3) is 0 Å². The molecule has 0 atom stereocenters. The van der Waals surface area contributed by atoms with Crippen molar-refractivity contribution in [2.75, 3.05) is 6.61 Å². The zero-order valence-corrected chi connectivity index (χ0v) is 13.8. The minimum Gasteiger partial charge on any atom is -0.357 e. The van der Waals surface area contributed by atoms with E-state index in [0.29, 0.717) is 6.61 Å². The van der Waals surface area contributed by atoms with Gasteiger partial charge in [0.05, 0.1) is 8.07 Å². The molecule has 0 saturated carbocycles. The Morgan fingerprint density at radius 1 is 0.952 bits per heavy atom. The maximum Gasteiger partial charge on any atom is 0.108 e. The first-order valence-corrected chi connectivity index (χ1v) is 10.8. The molecule has 0 unspecified atom stereocenters. The maximum absolute atomic E-state index is 6.38. The maximum atomic E-state index is 6.38. The number of terminal acetylenes is 1. The summed E-state index contributed by atoms with van der Waals surface area (Å²) >= 11 is 0. The molecule has 2 aromatic rings. The quantitative estimate of drug-likeness (QED) is 0.600. The summed E-state index contributed by atoms with van der Waals surface area (Å²) in [5.74, 6) is 2.65. The van der Waals surface area contributed by atoms with Crippen LogP contribution >= 0.6 is 0 Å². The van der Waals surface area contributed by atoms with Gasteiger partial charge in [-0.2, -0.15) is 0 Å². The lowest BCUT2D eigenvalue weighted by Crippen LogP contribution is -2.51. The minimum absolute atomic E-state index is 0.340. The zero-order valence-electron chi connectivity index (χ0n) is 12.8. The van der Waals surface area contributed by atoms with E-state index in [2.05, 4.69) is 74.1 Å². The van der Waals surface area contributed by atoms with E-state index >= 15 is 0 Å². The average molecular weight is 292 g/mol. The van der Waals surface area contributed by atoms with Crippen LogP contribution in [-0.2, 0) is 9.96 Å². The SMILES string of the molecule is C#CCOC1([Si](C)(C)C)c2ccccc2-c2ccccc21. The van der Waals surface area contributed by atoms with Gasteiger partial charge in [-0.25, -0.2) is 0 Å². The standard InChI is InChI=1S/C19H20OSi/c1-5-14-20-19(21(2,3)4)17-12-8-6-10-15(17)16-11-7-9-13-18(16)19/h1,6-13H,14H2,2-4H3. The average Bonchev–Trinajstić information content (AvgIpc) is 2.76. The van der Waals surface area contributed by atoms with Gasteiger partial charge in [-0.15, -0.1) is 6.42 Å². The van der Waals surface area contributed by atoms with Crippen LogP contribution in [-0.4, -0.2) is 14.7 Å². The molecule has 0 amide bonds. The van der Waals surface area contributed by atoms with Crippen molar-refractivity contribution >= 4 is 8.07 Å². The number of ether oxygens (including phenoxy) is 1. The highest BCUT2D eigenvalue weighted by atomic mass is 28.3. The third-order valence-electron chi connectivity index (χ3n) is 4.33. The van der Waals surface area contributed by atoms with Gasteiger partial charge in [-0.05, 0) is 22.3 Å². The number of benzene rings is 2. The van der Waals surface area contributed by atoms with Crippen molar-refractivity contribution in [3.63, 3.8) is 0 Å². The molecule has 1 aliphatic rings. The third kappa shape index (κ3) is 1.89. The Labute approximate surface area is 128 Å². The Kier molecular flexibility index (Phi) is 3.28. The molecule has 0 fully saturated rings. The van der Waals surface area contributed by atoms with Gasteiger partial charge in [0.15, 0.2) is 0 Å². The normalized spacial score (nSPS) is 15.1. The molecule has 0 saturated heterocycles. The Morgan fingerprint density at radius 3 is 1.86 bits per heavy atom. The van der Waals surface area contributed by atoms with Crippen LogP contribution in [0.3, 0.4) is 0 Å². The van der Waals surface area contributed by atoms with Gasteiger partial charge >= 0.3 is 0 Å². The first-order valence-electron chi connectivity index (χ1n) is 7.29. The summed E-state index contributed by atoms with van der Waals surface area (Å²) < 4.78 is 6.38. The van der Waals surface area contributed by atoms with Crippen molar-refractivity contribution in [2.24, 2.45) is 0 Å². The molecule has 0 aliphatic heterocycles. The molecule has 106 valence electrons. The second-order valence-corrected chi connectivity index (χ2v) is 11.7. The van der Waals surface area contributed by atoms with Crippen LogP contribution in [0, 0.1) is 12.3 Å². The van der Waals surface area contributed by atoms with E-state index in [0.717, 1.165) is 0 Å². The number of hydrogen-bond acceptors (Lipinski definition) is 1. The topological polar surface area (TPSA) is 9.23 Å².